The summed E-state index contributed by atoms with van der Waals surface area (Å²) in [5, 5.41) is 7.24. The van der Waals surface area contributed by atoms with Crippen molar-refractivity contribution in [3.63, 3.8) is 0 Å². The van der Waals surface area contributed by atoms with Gasteiger partial charge in [-0.3, -0.25) is 9.48 Å². The number of benzene rings is 1. The molecule has 1 aromatic carbocycles. The highest BCUT2D eigenvalue weighted by Gasteiger charge is 2.22. The predicted molar refractivity (Wildman–Crippen MR) is 94.0 cm³/mol. The number of aromatic nitrogens is 2. The second kappa shape index (κ2) is 7.55. The van der Waals surface area contributed by atoms with Crippen LogP contribution < -0.4 is 5.32 Å². The van der Waals surface area contributed by atoms with E-state index in [9.17, 15) is 17.6 Å². The molecule has 2 aromatic rings. The molecule has 0 fully saturated rings. The molecule has 26 heavy (non-hydrogen) atoms. The summed E-state index contributed by atoms with van der Waals surface area (Å²) in [4.78, 5) is 12.0. The normalized spacial score (nSPS) is 15.3. The van der Waals surface area contributed by atoms with Crippen LogP contribution in [0.1, 0.15) is 23.4 Å². The van der Waals surface area contributed by atoms with Gasteiger partial charge >= 0.3 is 0 Å². The van der Waals surface area contributed by atoms with Crippen LogP contribution in [0.25, 0.3) is 0 Å². The van der Waals surface area contributed by atoms with Crippen molar-refractivity contribution in [3.05, 3.63) is 53.1 Å². The molecule has 7 nitrogen and oxygen atoms in total. The van der Waals surface area contributed by atoms with E-state index in [0.29, 0.717) is 25.2 Å². The number of carbonyl (C=O) groups is 1. The molecule has 0 spiro atoms. The van der Waals surface area contributed by atoms with Gasteiger partial charge in [0.1, 0.15) is 5.82 Å². The quantitative estimate of drug-likeness (QED) is 0.840. The zero-order valence-corrected chi connectivity index (χ0v) is 15.3. The molecule has 2 heterocycles. The second-order valence-corrected chi connectivity index (χ2v) is 8.36. The average molecular weight is 380 g/mol. The third kappa shape index (κ3) is 4.67. The molecule has 9 heteroatoms. The predicted octanol–water partition coefficient (Wildman–Crippen LogP) is 1.05. The first-order valence-electron chi connectivity index (χ1n) is 8.33. The largest absolute Gasteiger partial charge is 0.350 e. The number of rotatable bonds is 5. The SMILES string of the molecule is CS(=O)(=O)N1CCCn2nc(CNC(=O)Cc3ccc(F)cc3)cc2C1. The van der Waals surface area contributed by atoms with Crippen molar-refractivity contribution in [1.82, 2.24) is 19.4 Å². The van der Waals surface area contributed by atoms with Crippen molar-refractivity contribution < 1.29 is 17.6 Å². The Hall–Kier alpha value is -2.26. The fraction of sp³-hybridized carbons (Fsp3) is 0.412. The highest BCUT2D eigenvalue weighted by molar-refractivity contribution is 7.88. The van der Waals surface area contributed by atoms with E-state index in [0.717, 1.165) is 11.3 Å². The number of fused-ring (bicyclic) bond motifs is 1. The van der Waals surface area contributed by atoms with Crippen molar-refractivity contribution in [2.45, 2.75) is 32.5 Å². The molecule has 1 aliphatic heterocycles. The number of hydrogen-bond donors (Lipinski definition) is 1. The topological polar surface area (TPSA) is 84.3 Å². The first kappa shape index (κ1) is 18.5. The van der Waals surface area contributed by atoms with Crippen LogP contribution in [0.5, 0.6) is 0 Å². The summed E-state index contributed by atoms with van der Waals surface area (Å²) in [6.45, 7) is 1.67. The van der Waals surface area contributed by atoms with E-state index in [4.69, 9.17) is 0 Å². The van der Waals surface area contributed by atoms with Crippen molar-refractivity contribution >= 4 is 15.9 Å². The van der Waals surface area contributed by atoms with Crippen molar-refractivity contribution in [2.75, 3.05) is 12.8 Å². The van der Waals surface area contributed by atoms with E-state index in [-0.39, 0.29) is 31.2 Å². The third-order valence-electron chi connectivity index (χ3n) is 4.24. The second-order valence-electron chi connectivity index (χ2n) is 6.38. The molecular weight excluding hydrogens is 359 g/mol. The van der Waals surface area contributed by atoms with Gasteiger partial charge in [0.15, 0.2) is 0 Å². The lowest BCUT2D eigenvalue weighted by Gasteiger charge is -2.16. The molecule has 0 bridgehead atoms. The third-order valence-corrected chi connectivity index (χ3v) is 5.49. The maximum absolute atomic E-state index is 12.9. The van der Waals surface area contributed by atoms with Gasteiger partial charge in [0.05, 0.1) is 37.2 Å². The van der Waals surface area contributed by atoms with Gasteiger partial charge in [0, 0.05) is 13.1 Å². The molecule has 1 amide bonds. The lowest BCUT2D eigenvalue weighted by atomic mass is 10.1. The van der Waals surface area contributed by atoms with E-state index >= 15 is 0 Å². The van der Waals surface area contributed by atoms with Crippen molar-refractivity contribution in [1.29, 1.82) is 0 Å². The summed E-state index contributed by atoms with van der Waals surface area (Å²) in [7, 11) is -3.25. The van der Waals surface area contributed by atoms with Gasteiger partial charge in [0.2, 0.25) is 15.9 Å². The van der Waals surface area contributed by atoms with Gasteiger partial charge in [-0.2, -0.15) is 9.40 Å². The number of nitrogens with one attached hydrogen (secondary N) is 1. The highest BCUT2D eigenvalue weighted by atomic mass is 32.2. The molecule has 1 aliphatic rings. The van der Waals surface area contributed by atoms with E-state index in [2.05, 4.69) is 10.4 Å². The zero-order chi connectivity index (χ0) is 18.7. The van der Waals surface area contributed by atoms with Gasteiger partial charge in [-0.05, 0) is 30.2 Å². The van der Waals surface area contributed by atoms with Crippen LogP contribution >= 0.6 is 0 Å². The Labute approximate surface area is 151 Å². The minimum atomic E-state index is -3.25. The van der Waals surface area contributed by atoms with E-state index < -0.39 is 10.0 Å². The molecule has 0 aliphatic carbocycles. The molecule has 0 unspecified atom stereocenters. The van der Waals surface area contributed by atoms with Crippen LogP contribution in [0.15, 0.2) is 30.3 Å². The van der Waals surface area contributed by atoms with E-state index in [1.807, 2.05) is 6.07 Å². The van der Waals surface area contributed by atoms with Crippen molar-refractivity contribution in [2.24, 2.45) is 0 Å². The lowest BCUT2D eigenvalue weighted by Crippen LogP contribution is -2.29. The Morgan fingerprint density at radius 2 is 2.00 bits per heavy atom. The molecule has 0 radical (unpaired) electrons. The maximum atomic E-state index is 12.9. The molecule has 0 saturated carbocycles. The lowest BCUT2D eigenvalue weighted by molar-refractivity contribution is -0.120. The fourth-order valence-electron chi connectivity index (χ4n) is 2.90. The van der Waals surface area contributed by atoms with Crippen LogP contribution in [0.4, 0.5) is 4.39 Å². The summed E-state index contributed by atoms with van der Waals surface area (Å²) < 4.78 is 39.7. The highest BCUT2D eigenvalue weighted by Crippen LogP contribution is 2.16. The Balaban J connectivity index is 1.59. The molecule has 0 atom stereocenters. The number of amides is 1. The minimum absolute atomic E-state index is 0.162. The van der Waals surface area contributed by atoms with Gasteiger partial charge in [-0.15, -0.1) is 0 Å². The smallest absolute Gasteiger partial charge is 0.224 e. The summed E-state index contributed by atoms with van der Waals surface area (Å²) in [5.74, 6) is -0.519. The molecular formula is C17H21FN4O3S. The van der Waals surface area contributed by atoms with Gasteiger partial charge in [0.25, 0.3) is 0 Å². The number of sulfonamides is 1. The van der Waals surface area contributed by atoms with Gasteiger partial charge in [-0.1, -0.05) is 12.1 Å². The molecule has 1 N–H and O–H groups in total. The summed E-state index contributed by atoms with van der Waals surface area (Å²) >= 11 is 0. The number of carbonyl (C=O) groups excluding carboxylic acids is 1. The molecule has 3 rings (SSSR count). The number of nitrogens with zero attached hydrogens (tertiary/aromatic N) is 3. The molecule has 1 aromatic heterocycles. The zero-order valence-electron chi connectivity index (χ0n) is 14.5. The van der Waals surface area contributed by atoms with Gasteiger partial charge in [-0.25, -0.2) is 12.8 Å². The minimum Gasteiger partial charge on any atom is -0.350 e. The van der Waals surface area contributed by atoms with Crippen LogP contribution in [0, 0.1) is 5.82 Å². The monoisotopic (exact) mass is 380 g/mol. The summed E-state index contributed by atoms with van der Waals surface area (Å²) in [6, 6.07) is 7.62. The molecule has 140 valence electrons. The van der Waals surface area contributed by atoms with Crippen LogP contribution in [-0.2, 0) is 40.9 Å². The van der Waals surface area contributed by atoms with Gasteiger partial charge < -0.3 is 5.32 Å². The Kier molecular flexibility index (Phi) is 5.38. The standard InChI is InChI=1S/C17H21FN4O3S/c1-26(24,25)21-7-2-8-22-16(12-21)10-15(20-22)11-19-17(23)9-13-3-5-14(18)6-4-13/h3-6,10H,2,7-9,11-12H2,1H3,(H,19,23). The first-order valence-corrected chi connectivity index (χ1v) is 10.2. The van der Waals surface area contributed by atoms with Crippen molar-refractivity contribution in [3.8, 4) is 0 Å². The first-order chi connectivity index (χ1) is 12.3. The molecule has 0 saturated heterocycles. The number of aryl methyl sites for hydroxylation is 1. The fourth-order valence-corrected chi connectivity index (χ4v) is 3.73. The summed E-state index contributed by atoms with van der Waals surface area (Å²) in [6.07, 6.45) is 2.06. The maximum Gasteiger partial charge on any atom is 0.224 e. The Bertz CT molecular complexity index is 893. The number of hydrogen-bond acceptors (Lipinski definition) is 4. The number of halogens is 1. The van der Waals surface area contributed by atoms with Crippen LogP contribution in [0.3, 0.4) is 0 Å². The van der Waals surface area contributed by atoms with Crippen LogP contribution in [0.2, 0.25) is 0 Å². The van der Waals surface area contributed by atoms with E-state index in [1.54, 1.807) is 16.8 Å². The Morgan fingerprint density at radius 1 is 1.27 bits per heavy atom. The Morgan fingerprint density at radius 3 is 2.69 bits per heavy atom. The average Bonchev–Trinajstić information content (AvgIpc) is 2.84. The van der Waals surface area contributed by atoms with E-state index in [1.165, 1.54) is 22.7 Å². The summed E-state index contributed by atoms with van der Waals surface area (Å²) in [5.41, 5.74) is 2.23. The van der Waals surface area contributed by atoms with Crippen LogP contribution in [-0.4, -0.2) is 41.2 Å².